The van der Waals surface area contributed by atoms with E-state index in [0.717, 1.165) is 11.3 Å². The molecule has 0 saturated carbocycles. The molecule has 0 bridgehead atoms. The summed E-state index contributed by atoms with van der Waals surface area (Å²) < 4.78 is 0. The number of hydrogen-bond acceptors (Lipinski definition) is 4. The lowest BCUT2D eigenvalue weighted by Gasteiger charge is -2.42. The number of halogens is 2. The number of piperazine rings is 1. The first kappa shape index (κ1) is 22.7. The van der Waals surface area contributed by atoms with Crippen LogP contribution in [-0.4, -0.2) is 70.7 Å². The van der Waals surface area contributed by atoms with Gasteiger partial charge in [-0.15, -0.1) is 0 Å². The SMILES string of the molecule is O=C(C1CCN(c2c(Cl)cncc2Cl)CC1)N1CCN(C(=O)O)C(Cc2ccccc2)C1. The lowest BCUT2D eigenvalue weighted by atomic mass is 9.93. The number of carbonyl (C=O) groups excluding carboxylic acids is 1. The van der Waals surface area contributed by atoms with E-state index in [2.05, 4.69) is 9.88 Å². The van der Waals surface area contributed by atoms with Gasteiger partial charge in [-0.3, -0.25) is 9.78 Å². The van der Waals surface area contributed by atoms with Crippen LogP contribution >= 0.6 is 23.2 Å². The van der Waals surface area contributed by atoms with Crippen molar-refractivity contribution in [2.45, 2.75) is 25.3 Å². The number of aromatic nitrogens is 1. The average molecular weight is 477 g/mol. The summed E-state index contributed by atoms with van der Waals surface area (Å²) in [6.07, 6.45) is 4.22. The standard InChI is InChI=1S/C23H26Cl2N4O3/c24-19-13-26-14-20(25)21(19)27-8-6-17(7-9-27)22(30)28-10-11-29(23(31)32)18(15-28)12-16-4-2-1-3-5-16/h1-5,13-14,17-18H,6-12,15H2,(H,31,32). The van der Waals surface area contributed by atoms with Crippen LogP contribution in [0.5, 0.6) is 0 Å². The van der Waals surface area contributed by atoms with E-state index in [1.54, 1.807) is 12.4 Å². The maximum atomic E-state index is 13.3. The van der Waals surface area contributed by atoms with Crippen LogP contribution in [0.25, 0.3) is 0 Å². The fraction of sp³-hybridized carbons (Fsp3) is 0.435. The van der Waals surface area contributed by atoms with Gasteiger partial charge in [0.1, 0.15) is 0 Å². The largest absolute Gasteiger partial charge is 0.465 e. The third kappa shape index (κ3) is 4.94. The van der Waals surface area contributed by atoms with Gasteiger partial charge in [-0.25, -0.2) is 4.79 Å². The molecule has 1 unspecified atom stereocenters. The second-order valence-electron chi connectivity index (χ2n) is 8.32. The van der Waals surface area contributed by atoms with Gasteiger partial charge >= 0.3 is 6.09 Å². The van der Waals surface area contributed by atoms with Gasteiger partial charge in [0.15, 0.2) is 0 Å². The maximum Gasteiger partial charge on any atom is 0.407 e. The van der Waals surface area contributed by atoms with E-state index in [-0.39, 0.29) is 17.9 Å². The Bertz CT molecular complexity index is 947. The molecule has 1 N–H and O–H groups in total. The Morgan fingerprint density at radius 3 is 2.28 bits per heavy atom. The summed E-state index contributed by atoms with van der Waals surface area (Å²) >= 11 is 12.6. The molecule has 1 atom stereocenters. The molecule has 0 radical (unpaired) electrons. The first-order chi connectivity index (χ1) is 15.4. The smallest absolute Gasteiger partial charge is 0.407 e. The van der Waals surface area contributed by atoms with Crippen LogP contribution in [0.15, 0.2) is 42.7 Å². The van der Waals surface area contributed by atoms with Gasteiger partial charge in [0.05, 0.1) is 21.8 Å². The highest BCUT2D eigenvalue weighted by molar-refractivity contribution is 6.38. The second-order valence-corrected chi connectivity index (χ2v) is 9.13. The second kappa shape index (κ2) is 9.96. The number of rotatable bonds is 4. The molecule has 2 fully saturated rings. The van der Waals surface area contributed by atoms with E-state index >= 15 is 0 Å². The number of nitrogens with zero attached hydrogens (tertiary/aromatic N) is 4. The molecule has 2 saturated heterocycles. The number of piperidine rings is 1. The summed E-state index contributed by atoms with van der Waals surface area (Å²) in [5.74, 6) is 0.0269. The highest BCUT2D eigenvalue weighted by Crippen LogP contribution is 2.35. The zero-order valence-corrected chi connectivity index (χ0v) is 19.2. The van der Waals surface area contributed by atoms with Crippen molar-refractivity contribution in [3.8, 4) is 0 Å². The van der Waals surface area contributed by atoms with Crippen molar-refractivity contribution < 1.29 is 14.7 Å². The number of carbonyl (C=O) groups is 2. The van der Waals surface area contributed by atoms with E-state index in [0.29, 0.717) is 62.0 Å². The van der Waals surface area contributed by atoms with Crippen LogP contribution in [0.4, 0.5) is 10.5 Å². The molecular formula is C23H26Cl2N4O3. The van der Waals surface area contributed by atoms with Crippen molar-refractivity contribution in [2.24, 2.45) is 5.92 Å². The monoisotopic (exact) mass is 476 g/mol. The van der Waals surface area contributed by atoms with Crippen molar-refractivity contribution in [3.63, 3.8) is 0 Å². The van der Waals surface area contributed by atoms with Crippen LogP contribution in [0, 0.1) is 5.92 Å². The Hall–Kier alpha value is -2.51. The zero-order valence-electron chi connectivity index (χ0n) is 17.7. The molecule has 4 rings (SSSR count). The topological polar surface area (TPSA) is 77.0 Å². The summed E-state index contributed by atoms with van der Waals surface area (Å²) in [6, 6.07) is 9.57. The molecule has 1 aromatic carbocycles. The Labute approximate surface area is 197 Å². The fourth-order valence-corrected chi connectivity index (χ4v) is 5.29. The van der Waals surface area contributed by atoms with Crippen LogP contribution in [0.3, 0.4) is 0 Å². The molecule has 7 nitrogen and oxygen atoms in total. The molecule has 2 aromatic rings. The lowest BCUT2D eigenvalue weighted by Crippen LogP contribution is -2.58. The number of carboxylic acid groups (broad SMARTS) is 1. The summed E-state index contributed by atoms with van der Waals surface area (Å²) in [7, 11) is 0. The van der Waals surface area contributed by atoms with Gasteiger partial charge in [-0.05, 0) is 24.8 Å². The maximum absolute atomic E-state index is 13.3. The predicted octanol–water partition coefficient (Wildman–Crippen LogP) is 4.04. The summed E-state index contributed by atoms with van der Waals surface area (Å²) in [5, 5.41) is 10.7. The van der Waals surface area contributed by atoms with Crippen molar-refractivity contribution in [1.29, 1.82) is 0 Å². The van der Waals surface area contributed by atoms with Gasteiger partial charge in [-0.2, -0.15) is 0 Å². The van der Waals surface area contributed by atoms with Crippen LogP contribution in [-0.2, 0) is 11.2 Å². The molecule has 2 amide bonds. The minimum atomic E-state index is -0.933. The summed E-state index contributed by atoms with van der Waals surface area (Å²) in [4.78, 5) is 34.5. The van der Waals surface area contributed by atoms with Crippen LogP contribution in [0.2, 0.25) is 10.0 Å². The Kier molecular flexibility index (Phi) is 7.06. The fourth-order valence-electron chi connectivity index (χ4n) is 4.68. The van der Waals surface area contributed by atoms with Gasteiger partial charge in [0.2, 0.25) is 5.91 Å². The van der Waals surface area contributed by atoms with E-state index in [9.17, 15) is 14.7 Å². The Morgan fingerprint density at radius 1 is 1.00 bits per heavy atom. The molecular weight excluding hydrogens is 451 g/mol. The van der Waals surface area contributed by atoms with E-state index in [4.69, 9.17) is 23.2 Å². The molecule has 9 heteroatoms. The minimum absolute atomic E-state index is 0.0839. The van der Waals surface area contributed by atoms with Crippen LogP contribution in [0.1, 0.15) is 18.4 Å². The zero-order chi connectivity index (χ0) is 22.7. The molecule has 0 aliphatic carbocycles. The van der Waals surface area contributed by atoms with Crippen molar-refractivity contribution in [3.05, 3.63) is 58.3 Å². The molecule has 2 aliphatic rings. The van der Waals surface area contributed by atoms with Crippen molar-refractivity contribution in [1.82, 2.24) is 14.8 Å². The average Bonchev–Trinajstić information content (AvgIpc) is 2.79. The van der Waals surface area contributed by atoms with Gasteiger partial charge in [0, 0.05) is 51.0 Å². The summed E-state index contributed by atoms with van der Waals surface area (Å²) in [5.41, 5.74) is 1.84. The molecule has 170 valence electrons. The quantitative estimate of drug-likeness (QED) is 0.720. The first-order valence-corrected chi connectivity index (χ1v) is 11.6. The molecule has 2 aliphatic heterocycles. The Morgan fingerprint density at radius 2 is 1.66 bits per heavy atom. The number of hydrogen-bond donors (Lipinski definition) is 1. The van der Waals surface area contributed by atoms with Gasteiger partial charge in [0.25, 0.3) is 0 Å². The predicted molar refractivity (Wildman–Crippen MR) is 124 cm³/mol. The normalized spacial score (nSPS) is 19.8. The number of anilines is 1. The molecule has 3 heterocycles. The Balaban J connectivity index is 1.39. The molecule has 32 heavy (non-hydrogen) atoms. The van der Waals surface area contributed by atoms with E-state index in [1.807, 2.05) is 35.2 Å². The first-order valence-electron chi connectivity index (χ1n) is 10.8. The number of amides is 2. The van der Waals surface area contributed by atoms with Crippen molar-refractivity contribution in [2.75, 3.05) is 37.6 Å². The van der Waals surface area contributed by atoms with Gasteiger partial charge in [-0.1, -0.05) is 53.5 Å². The van der Waals surface area contributed by atoms with E-state index < -0.39 is 6.09 Å². The molecule has 0 spiro atoms. The van der Waals surface area contributed by atoms with E-state index in [1.165, 1.54) is 4.90 Å². The molecule has 1 aromatic heterocycles. The lowest BCUT2D eigenvalue weighted by molar-refractivity contribution is -0.139. The van der Waals surface area contributed by atoms with Gasteiger partial charge < -0.3 is 19.8 Å². The van der Waals surface area contributed by atoms with Crippen molar-refractivity contribution >= 4 is 40.9 Å². The highest BCUT2D eigenvalue weighted by Gasteiger charge is 2.36. The number of pyridine rings is 1. The third-order valence-corrected chi connectivity index (χ3v) is 6.90. The third-order valence-electron chi connectivity index (χ3n) is 6.34. The summed E-state index contributed by atoms with van der Waals surface area (Å²) in [6.45, 7) is 2.55. The van der Waals surface area contributed by atoms with Crippen LogP contribution < -0.4 is 4.90 Å². The minimum Gasteiger partial charge on any atom is -0.465 e. The highest BCUT2D eigenvalue weighted by atomic mass is 35.5. The number of benzene rings is 1.